The van der Waals surface area contributed by atoms with Gasteiger partial charge < -0.3 is 0 Å². The van der Waals surface area contributed by atoms with E-state index in [0.29, 0.717) is 11.6 Å². The van der Waals surface area contributed by atoms with Crippen LogP contribution in [-0.2, 0) is 10.8 Å². The van der Waals surface area contributed by atoms with E-state index in [0.717, 1.165) is 10.5 Å². The number of halogens is 1. The van der Waals surface area contributed by atoms with E-state index < -0.39 is 10.8 Å². The summed E-state index contributed by atoms with van der Waals surface area (Å²) in [4.78, 5) is 0.870. The molecule has 0 saturated carbocycles. The molecule has 76 valence electrons. The van der Waals surface area contributed by atoms with Crippen molar-refractivity contribution >= 4 is 22.4 Å². The number of benzene rings is 1. The van der Waals surface area contributed by atoms with Crippen LogP contribution in [0.15, 0.2) is 46.9 Å². The highest BCUT2D eigenvalue weighted by Crippen LogP contribution is 2.08. The maximum atomic E-state index is 11.8. The Labute approximate surface area is 92.2 Å². The van der Waals surface area contributed by atoms with Crippen molar-refractivity contribution in [1.82, 2.24) is 0 Å². The molecule has 1 aromatic carbocycles. The Morgan fingerprint density at radius 2 is 2.07 bits per heavy atom. The van der Waals surface area contributed by atoms with Gasteiger partial charge in [-0.25, -0.2) is 0 Å². The normalized spacial score (nSPS) is 14.0. The van der Waals surface area contributed by atoms with Crippen molar-refractivity contribution in [3.05, 3.63) is 42.0 Å². The van der Waals surface area contributed by atoms with Crippen LogP contribution in [0.5, 0.6) is 0 Å². The molecule has 0 aromatic heterocycles. The molecule has 0 amide bonds. The topological polar surface area (TPSA) is 17.1 Å². The van der Waals surface area contributed by atoms with Gasteiger partial charge in [0.15, 0.2) is 0 Å². The van der Waals surface area contributed by atoms with E-state index in [1.807, 2.05) is 43.3 Å². The van der Waals surface area contributed by atoms with Crippen LogP contribution in [0.2, 0.25) is 0 Å². The first kappa shape index (κ1) is 11.5. The Bertz CT molecular complexity index is 332. The highest BCUT2D eigenvalue weighted by Gasteiger charge is 2.02. The molecule has 1 unspecified atom stereocenters. The molecule has 0 fully saturated rings. The van der Waals surface area contributed by atoms with Gasteiger partial charge in [-0.15, -0.1) is 11.6 Å². The highest BCUT2D eigenvalue weighted by molar-refractivity contribution is 7.85. The minimum atomic E-state index is -0.942. The molecular formula is C11H13ClOS. The van der Waals surface area contributed by atoms with Gasteiger partial charge in [-0.1, -0.05) is 29.8 Å². The number of alkyl halides is 1. The minimum Gasteiger partial charge on any atom is -0.254 e. The summed E-state index contributed by atoms with van der Waals surface area (Å²) in [6.07, 6.45) is 1.89. The lowest BCUT2D eigenvalue weighted by molar-refractivity contribution is 0.684. The van der Waals surface area contributed by atoms with Crippen molar-refractivity contribution in [2.45, 2.75) is 11.8 Å². The quantitative estimate of drug-likeness (QED) is 0.572. The fourth-order valence-corrected chi connectivity index (χ4v) is 2.48. The molecule has 14 heavy (non-hydrogen) atoms. The Morgan fingerprint density at radius 1 is 1.43 bits per heavy atom. The molecule has 1 rings (SSSR count). The molecule has 1 nitrogen and oxygen atoms in total. The SMILES string of the molecule is C/C(=C/CCl)CS(=O)c1ccccc1. The molecule has 0 saturated heterocycles. The van der Waals surface area contributed by atoms with Gasteiger partial charge in [0.25, 0.3) is 0 Å². The molecule has 0 radical (unpaired) electrons. The van der Waals surface area contributed by atoms with Crippen LogP contribution < -0.4 is 0 Å². The van der Waals surface area contributed by atoms with Crippen LogP contribution in [0.4, 0.5) is 0 Å². The first-order chi connectivity index (χ1) is 6.74. The van der Waals surface area contributed by atoms with Gasteiger partial charge in [-0.05, 0) is 19.1 Å². The zero-order valence-electron chi connectivity index (χ0n) is 8.07. The largest absolute Gasteiger partial charge is 0.254 e. The lowest BCUT2D eigenvalue weighted by atomic mass is 10.3. The molecular weight excluding hydrogens is 216 g/mol. The first-order valence-corrected chi connectivity index (χ1v) is 6.24. The maximum Gasteiger partial charge on any atom is 0.0570 e. The standard InChI is InChI=1S/C11H13ClOS/c1-10(7-8-12)9-14(13)11-5-3-2-4-6-11/h2-7H,8-9H2,1H3/b10-7-. The van der Waals surface area contributed by atoms with Gasteiger partial charge in [0, 0.05) is 16.5 Å². The molecule has 0 heterocycles. The predicted molar refractivity (Wildman–Crippen MR) is 62.2 cm³/mol. The number of rotatable bonds is 4. The second-order valence-corrected chi connectivity index (χ2v) is 4.77. The Morgan fingerprint density at radius 3 is 2.64 bits per heavy atom. The molecule has 0 bridgehead atoms. The Hall–Kier alpha value is -0.600. The summed E-state index contributed by atoms with van der Waals surface area (Å²) >= 11 is 5.55. The zero-order chi connectivity index (χ0) is 10.4. The van der Waals surface area contributed by atoms with Gasteiger partial charge >= 0.3 is 0 Å². The highest BCUT2D eigenvalue weighted by atomic mass is 35.5. The van der Waals surface area contributed by atoms with E-state index in [2.05, 4.69) is 0 Å². The van der Waals surface area contributed by atoms with Crippen LogP contribution in [-0.4, -0.2) is 15.8 Å². The fourth-order valence-electron chi connectivity index (χ4n) is 1.05. The first-order valence-electron chi connectivity index (χ1n) is 4.39. The third kappa shape index (κ3) is 3.64. The van der Waals surface area contributed by atoms with Gasteiger partial charge in [0.2, 0.25) is 0 Å². The smallest absolute Gasteiger partial charge is 0.0570 e. The van der Waals surface area contributed by atoms with Crippen LogP contribution in [0.1, 0.15) is 6.92 Å². The molecule has 1 aromatic rings. The van der Waals surface area contributed by atoms with Gasteiger partial charge in [0.05, 0.1) is 10.8 Å². The monoisotopic (exact) mass is 228 g/mol. The lowest BCUT2D eigenvalue weighted by Gasteiger charge is -2.01. The predicted octanol–water partition coefficient (Wildman–Crippen LogP) is 2.98. The molecule has 0 aliphatic carbocycles. The second kappa shape index (κ2) is 5.99. The van der Waals surface area contributed by atoms with Gasteiger partial charge in [-0.2, -0.15) is 0 Å². The summed E-state index contributed by atoms with van der Waals surface area (Å²) in [6, 6.07) is 9.47. The van der Waals surface area contributed by atoms with Crippen molar-refractivity contribution in [3.8, 4) is 0 Å². The fraction of sp³-hybridized carbons (Fsp3) is 0.273. The zero-order valence-corrected chi connectivity index (χ0v) is 9.65. The van der Waals surface area contributed by atoms with E-state index in [9.17, 15) is 4.21 Å². The summed E-state index contributed by atoms with van der Waals surface area (Å²) in [7, 11) is -0.942. The number of hydrogen-bond acceptors (Lipinski definition) is 1. The van der Waals surface area contributed by atoms with E-state index in [-0.39, 0.29) is 0 Å². The third-order valence-electron chi connectivity index (χ3n) is 1.79. The van der Waals surface area contributed by atoms with Crippen molar-refractivity contribution in [3.63, 3.8) is 0 Å². The van der Waals surface area contributed by atoms with E-state index in [4.69, 9.17) is 11.6 Å². The molecule has 0 spiro atoms. The van der Waals surface area contributed by atoms with Crippen molar-refractivity contribution in [2.24, 2.45) is 0 Å². The average Bonchev–Trinajstić information content (AvgIpc) is 2.19. The van der Waals surface area contributed by atoms with Crippen LogP contribution in [0.25, 0.3) is 0 Å². The summed E-state index contributed by atoms with van der Waals surface area (Å²) < 4.78 is 11.8. The molecule has 0 N–H and O–H groups in total. The number of allylic oxidation sites excluding steroid dienone is 1. The van der Waals surface area contributed by atoms with Crippen molar-refractivity contribution < 1.29 is 4.21 Å². The van der Waals surface area contributed by atoms with Crippen molar-refractivity contribution in [1.29, 1.82) is 0 Å². The molecule has 1 atom stereocenters. The van der Waals surface area contributed by atoms with E-state index >= 15 is 0 Å². The molecule has 3 heteroatoms. The summed E-state index contributed by atoms with van der Waals surface area (Å²) in [6.45, 7) is 1.95. The van der Waals surface area contributed by atoms with E-state index in [1.165, 1.54) is 0 Å². The minimum absolute atomic E-state index is 0.484. The summed E-state index contributed by atoms with van der Waals surface area (Å²) in [5.41, 5.74) is 1.07. The third-order valence-corrected chi connectivity index (χ3v) is 3.46. The van der Waals surface area contributed by atoms with Crippen LogP contribution in [0.3, 0.4) is 0 Å². The van der Waals surface area contributed by atoms with Crippen molar-refractivity contribution in [2.75, 3.05) is 11.6 Å². The second-order valence-electron chi connectivity index (χ2n) is 3.01. The average molecular weight is 229 g/mol. The molecule has 0 aliphatic heterocycles. The van der Waals surface area contributed by atoms with Crippen LogP contribution >= 0.6 is 11.6 Å². The van der Waals surface area contributed by atoms with Crippen LogP contribution in [0, 0.1) is 0 Å². The van der Waals surface area contributed by atoms with Gasteiger partial charge in [0.1, 0.15) is 0 Å². The summed E-state index contributed by atoms with van der Waals surface area (Å²) in [5.74, 6) is 1.05. The Balaban J connectivity index is 2.64. The number of hydrogen-bond donors (Lipinski definition) is 0. The van der Waals surface area contributed by atoms with E-state index in [1.54, 1.807) is 0 Å². The molecule has 0 aliphatic rings. The van der Waals surface area contributed by atoms with Gasteiger partial charge in [-0.3, -0.25) is 4.21 Å². The summed E-state index contributed by atoms with van der Waals surface area (Å²) in [5, 5.41) is 0. The Kier molecular flexibility index (Phi) is 4.91. The maximum absolute atomic E-state index is 11.8. The lowest BCUT2D eigenvalue weighted by Crippen LogP contribution is -1.99.